The third-order valence-electron chi connectivity index (χ3n) is 3.58. The maximum atomic E-state index is 11.9. The summed E-state index contributed by atoms with van der Waals surface area (Å²) in [6.45, 7) is 2.05. The fourth-order valence-electron chi connectivity index (χ4n) is 2.40. The minimum absolute atomic E-state index is 0.00813. The summed E-state index contributed by atoms with van der Waals surface area (Å²) < 4.78 is 22.6. The van der Waals surface area contributed by atoms with Gasteiger partial charge in [-0.15, -0.1) is 0 Å². The van der Waals surface area contributed by atoms with E-state index in [1.807, 2.05) is 0 Å². The molecule has 116 valence electrons. The van der Waals surface area contributed by atoms with Gasteiger partial charge in [0, 0.05) is 12.7 Å². The number of amides is 1. The van der Waals surface area contributed by atoms with E-state index in [1.165, 1.54) is 25.1 Å². The van der Waals surface area contributed by atoms with Crippen LogP contribution in [0, 0.1) is 5.92 Å². The molecule has 0 bridgehead atoms. The lowest BCUT2D eigenvalue weighted by atomic mass is 9.94. The van der Waals surface area contributed by atoms with E-state index < -0.39 is 9.84 Å². The Morgan fingerprint density at radius 1 is 1.48 bits per heavy atom. The highest BCUT2D eigenvalue weighted by molar-refractivity contribution is 7.90. The monoisotopic (exact) mass is 311 g/mol. The van der Waals surface area contributed by atoms with Crippen molar-refractivity contribution in [2.45, 2.75) is 30.7 Å². The maximum Gasteiger partial charge on any atom is 0.224 e. The van der Waals surface area contributed by atoms with Crippen LogP contribution in [-0.2, 0) is 14.6 Å². The van der Waals surface area contributed by atoms with Crippen molar-refractivity contribution in [3.05, 3.63) is 18.3 Å². The predicted molar refractivity (Wildman–Crippen MR) is 80.8 cm³/mol. The first kappa shape index (κ1) is 15.9. The third kappa shape index (κ3) is 5.09. The number of sulfone groups is 1. The molecule has 1 aromatic rings. The number of hydrogen-bond acceptors (Lipinski definition) is 5. The van der Waals surface area contributed by atoms with Gasteiger partial charge in [0.1, 0.15) is 0 Å². The second kappa shape index (κ2) is 7.00. The standard InChI is InChI=1S/C14H21N3O3S/c1-21(19,20)14-7-5-12(10-16-14)17-13(18)6-4-11-3-2-8-15-9-11/h5,7,10-11,15H,2-4,6,8-9H2,1H3,(H,17,18). The first-order valence-corrected chi connectivity index (χ1v) is 9.01. The van der Waals surface area contributed by atoms with Crippen molar-refractivity contribution < 1.29 is 13.2 Å². The summed E-state index contributed by atoms with van der Waals surface area (Å²) in [5.74, 6) is 0.504. The van der Waals surface area contributed by atoms with Gasteiger partial charge < -0.3 is 10.6 Å². The molecule has 2 heterocycles. The molecule has 0 aliphatic carbocycles. The van der Waals surface area contributed by atoms with E-state index in [4.69, 9.17) is 0 Å². The molecular weight excluding hydrogens is 290 g/mol. The van der Waals surface area contributed by atoms with Crippen LogP contribution in [0.5, 0.6) is 0 Å². The summed E-state index contributed by atoms with van der Waals surface area (Å²) in [7, 11) is -3.30. The highest BCUT2D eigenvalue weighted by Gasteiger charge is 2.15. The van der Waals surface area contributed by atoms with Crippen LogP contribution in [0.2, 0.25) is 0 Å². The Morgan fingerprint density at radius 2 is 2.29 bits per heavy atom. The van der Waals surface area contributed by atoms with Gasteiger partial charge >= 0.3 is 0 Å². The molecule has 1 aliphatic rings. The number of piperidine rings is 1. The van der Waals surface area contributed by atoms with Gasteiger partial charge in [-0.25, -0.2) is 13.4 Å². The van der Waals surface area contributed by atoms with Crippen molar-refractivity contribution in [1.29, 1.82) is 0 Å². The number of carbonyl (C=O) groups is 1. The van der Waals surface area contributed by atoms with Gasteiger partial charge in [-0.3, -0.25) is 4.79 Å². The number of hydrogen-bond donors (Lipinski definition) is 2. The molecule has 1 aliphatic heterocycles. The van der Waals surface area contributed by atoms with Gasteiger partial charge in [0.2, 0.25) is 5.91 Å². The minimum Gasteiger partial charge on any atom is -0.325 e. The van der Waals surface area contributed by atoms with Gasteiger partial charge in [-0.05, 0) is 50.4 Å². The fourth-order valence-corrected chi connectivity index (χ4v) is 2.96. The molecule has 0 saturated carbocycles. The predicted octanol–water partition coefficient (Wildman–Crippen LogP) is 1.20. The largest absolute Gasteiger partial charge is 0.325 e. The van der Waals surface area contributed by atoms with Crippen molar-refractivity contribution in [3.8, 4) is 0 Å². The molecular formula is C14H21N3O3S. The van der Waals surface area contributed by atoms with E-state index in [1.54, 1.807) is 6.07 Å². The number of carbonyl (C=O) groups excluding carboxylic acids is 1. The Morgan fingerprint density at radius 3 is 2.86 bits per heavy atom. The second-order valence-electron chi connectivity index (χ2n) is 5.46. The molecule has 6 nitrogen and oxygen atoms in total. The topological polar surface area (TPSA) is 88.2 Å². The minimum atomic E-state index is -3.30. The molecule has 1 atom stereocenters. The first-order valence-electron chi connectivity index (χ1n) is 7.12. The Labute approximate surface area is 125 Å². The van der Waals surface area contributed by atoms with Crippen molar-refractivity contribution in [1.82, 2.24) is 10.3 Å². The SMILES string of the molecule is CS(=O)(=O)c1ccc(NC(=O)CCC2CCCNC2)cn1. The fraction of sp³-hybridized carbons (Fsp3) is 0.571. The molecule has 1 aromatic heterocycles. The van der Waals surface area contributed by atoms with Gasteiger partial charge in [0.15, 0.2) is 14.9 Å². The van der Waals surface area contributed by atoms with Crippen LogP contribution in [0.4, 0.5) is 5.69 Å². The Kier molecular flexibility index (Phi) is 5.30. The summed E-state index contributed by atoms with van der Waals surface area (Å²) in [6.07, 6.45) is 6.16. The lowest BCUT2D eigenvalue weighted by Gasteiger charge is -2.22. The van der Waals surface area contributed by atoms with Crippen molar-refractivity contribution in [2.24, 2.45) is 5.92 Å². The molecule has 0 spiro atoms. The van der Waals surface area contributed by atoms with E-state index >= 15 is 0 Å². The Balaban J connectivity index is 1.82. The van der Waals surface area contributed by atoms with E-state index in [-0.39, 0.29) is 10.9 Å². The van der Waals surface area contributed by atoms with Crippen molar-refractivity contribution >= 4 is 21.4 Å². The van der Waals surface area contributed by atoms with E-state index in [2.05, 4.69) is 15.6 Å². The van der Waals surface area contributed by atoms with Crippen molar-refractivity contribution in [3.63, 3.8) is 0 Å². The Hall–Kier alpha value is -1.47. The molecule has 7 heteroatoms. The summed E-state index contributed by atoms with van der Waals surface area (Å²) in [4.78, 5) is 15.7. The summed E-state index contributed by atoms with van der Waals surface area (Å²) in [5, 5.41) is 6.08. The van der Waals surface area contributed by atoms with E-state index in [9.17, 15) is 13.2 Å². The maximum absolute atomic E-state index is 11.9. The molecule has 1 unspecified atom stereocenters. The number of rotatable bonds is 5. The zero-order valence-corrected chi connectivity index (χ0v) is 12.9. The summed E-state index contributed by atoms with van der Waals surface area (Å²) in [5.41, 5.74) is 0.522. The zero-order chi connectivity index (χ0) is 15.3. The second-order valence-corrected chi connectivity index (χ2v) is 7.42. The number of aromatic nitrogens is 1. The Bertz CT molecular complexity index is 578. The zero-order valence-electron chi connectivity index (χ0n) is 12.1. The van der Waals surface area contributed by atoms with Crippen LogP contribution < -0.4 is 10.6 Å². The average Bonchev–Trinajstić information content (AvgIpc) is 2.46. The van der Waals surface area contributed by atoms with E-state index in [0.29, 0.717) is 18.0 Å². The molecule has 21 heavy (non-hydrogen) atoms. The quantitative estimate of drug-likeness (QED) is 0.853. The molecule has 0 radical (unpaired) electrons. The average molecular weight is 311 g/mol. The van der Waals surface area contributed by atoms with Crippen LogP contribution >= 0.6 is 0 Å². The van der Waals surface area contributed by atoms with Crippen LogP contribution in [0.25, 0.3) is 0 Å². The third-order valence-corrected chi connectivity index (χ3v) is 4.58. The van der Waals surface area contributed by atoms with Gasteiger partial charge in [-0.2, -0.15) is 0 Å². The van der Waals surface area contributed by atoms with Crippen LogP contribution in [0.15, 0.2) is 23.4 Å². The van der Waals surface area contributed by atoms with E-state index in [0.717, 1.165) is 25.8 Å². The molecule has 2 rings (SSSR count). The molecule has 1 amide bonds. The number of nitrogens with zero attached hydrogens (tertiary/aromatic N) is 1. The smallest absolute Gasteiger partial charge is 0.224 e. The first-order chi connectivity index (χ1) is 9.95. The highest BCUT2D eigenvalue weighted by atomic mass is 32.2. The lowest BCUT2D eigenvalue weighted by Crippen LogP contribution is -2.30. The van der Waals surface area contributed by atoms with Gasteiger partial charge in [-0.1, -0.05) is 0 Å². The highest BCUT2D eigenvalue weighted by Crippen LogP contribution is 2.17. The van der Waals surface area contributed by atoms with Crippen LogP contribution in [0.1, 0.15) is 25.7 Å². The van der Waals surface area contributed by atoms with Crippen molar-refractivity contribution in [2.75, 3.05) is 24.7 Å². The number of anilines is 1. The normalized spacial score (nSPS) is 19.2. The van der Waals surface area contributed by atoms with Gasteiger partial charge in [0.05, 0.1) is 11.9 Å². The molecule has 1 saturated heterocycles. The molecule has 0 aromatic carbocycles. The number of nitrogens with one attached hydrogen (secondary N) is 2. The molecule has 2 N–H and O–H groups in total. The number of pyridine rings is 1. The van der Waals surface area contributed by atoms with Crippen LogP contribution in [0.3, 0.4) is 0 Å². The summed E-state index contributed by atoms with van der Waals surface area (Å²) >= 11 is 0. The van der Waals surface area contributed by atoms with Crippen LogP contribution in [-0.4, -0.2) is 38.7 Å². The lowest BCUT2D eigenvalue weighted by molar-refractivity contribution is -0.116. The summed E-state index contributed by atoms with van der Waals surface area (Å²) in [6, 6.07) is 2.96. The van der Waals surface area contributed by atoms with Gasteiger partial charge in [0.25, 0.3) is 0 Å². The molecule has 1 fully saturated rings.